The molecule has 4 heteroatoms. The van der Waals surface area contributed by atoms with Crippen molar-refractivity contribution < 1.29 is 9.53 Å². The predicted molar refractivity (Wildman–Crippen MR) is 105 cm³/mol. The number of halogens is 1. The van der Waals surface area contributed by atoms with E-state index in [1.54, 1.807) is 7.11 Å². The van der Waals surface area contributed by atoms with E-state index in [2.05, 4.69) is 5.32 Å². The number of amides is 1. The normalized spacial score (nSPS) is 11.8. The van der Waals surface area contributed by atoms with Crippen molar-refractivity contribution in [1.29, 1.82) is 0 Å². The largest absolute Gasteiger partial charge is 0.375 e. The van der Waals surface area contributed by atoms with Crippen molar-refractivity contribution in [3.05, 3.63) is 95.0 Å². The molecule has 0 saturated heterocycles. The van der Waals surface area contributed by atoms with Gasteiger partial charge in [-0.25, -0.2) is 0 Å². The number of hydrogen-bond donors (Lipinski definition) is 1. The van der Waals surface area contributed by atoms with Gasteiger partial charge in [-0.1, -0.05) is 72.3 Å². The lowest BCUT2D eigenvalue weighted by atomic mass is 10.0. The maximum Gasteiger partial charge on any atom is 0.251 e. The highest BCUT2D eigenvalue weighted by Gasteiger charge is 2.15. The topological polar surface area (TPSA) is 38.3 Å². The van der Waals surface area contributed by atoms with Crippen molar-refractivity contribution >= 4 is 17.5 Å². The molecule has 1 atom stereocenters. The highest BCUT2D eigenvalue weighted by Crippen LogP contribution is 2.24. The summed E-state index contributed by atoms with van der Waals surface area (Å²) in [7, 11) is 1.61. The second kappa shape index (κ2) is 8.65. The lowest BCUT2D eigenvalue weighted by molar-refractivity contribution is 0.0828. The van der Waals surface area contributed by atoms with Gasteiger partial charge in [-0.2, -0.15) is 0 Å². The van der Waals surface area contributed by atoms with E-state index in [1.165, 1.54) is 0 Å². The first-order valence-electron chi connectivity index (χ1n) is 8.40. The van der Waals surface area contributed by atoms with Crippen LogP contribution < -0.4 is 5.32 Å². The van der Waals surface area contributed by atoms with Crippen LogP contribution in [-0.4, -0.2) is 19.6 Å². The Labute approximate surface area is 158 Å². The van der Waals surface area contributed by atoms with Crippen LogP contribution in [-0.2, 0) is 4.74 Å². The van der Waals surface area contributed by atoms with E-state index in [-0.39, 0.29) is 12.0 Å². The molecular formula is C22H20ClNO2. The lowest BCUT2D eigenvalue weighted by Gasteiger charge is -2.18. The smallest absolute Gasteiger partial charge is 0.251 e. The Kier molecular flexibility index (Phi) is 6.05. The van der Waals surface area contributed by atoms with Crippen LogP contribution in [0.4, 0.5) is 0 Å². The molecule has 3 aromatic carbocycles. The summed E-state index contributed by atoms with van der Waals surface area (Å²) in [5.41, 5.74) is 3.67. The molecule has 0 heterocycles. The molecule has 0 aromatic heterocycles. The highest BCUT2D eigenvalue weighted by molar-refractivity contribution is 6.31. The zero-order valence-corrected chi connectivity index (χ0v) is 15.2. The Bertz CT molecular complexity index is 863. The van der Waals surface area contributed by atoms with Gasteiger partial charge in [0.2, 0.25) is 0 Å². The van der Waals surface area contributed by atoms with E-state index in [4.69, 9.17) is 16.3 Å². The molecule has 1 unspecified atom stereocenters. The molecule has 26 heavy (non-hydrogen) atoms. The maximum absolute atomic E-state index is 12.4. The number of carbonyl (C=O) groups is 1. The van der Waals surface area contributed by atoms with Crippen molar-refractivity contribution in [1.82, 2.24) is 5.32 Å². The first-order valence-corrected chi connectivity index (χ1v) is 8.77. The average Bonchev–Trinajstić information content (AvgIpc) is 2.70. The summed E-state index contributed by atoms with van der Waals surface area (Å²) in [6, 6.07) is 25.1. The summed E-state index contributed by atoms with van der Waals surface area (Å²) in [6.07, 6.45) is -0.295. The summed E-state index contributed by atoms with van der Waals surface area (Å²) in [4.78, 5) is 12.4. The van der Waals surface area contributed by atoms with E-state index < -0.39 is 0 Å². The number of carbonyl (C=O) groups excluding carboxylic acids is 1. The Morgan fingerprint density at radius 1 is 0.923 bits per heavy atom. The molecule has 3 nitrogen and oxygen atoms in total. The second-order valence-corrected chi connectivity index (χ2v) is 6.31. The van der Waals surface area contributed by atoms with Gasteiger partial charge in [-0.05, 0) is 29.3 Å². The third kappa shape index (κ3) is 4.31. The zero-order chi connectivity index (χ0) is 18.4. The standard InChI is InChI=1S/C22H20ClNO2/c1-26-21(19-9-5-6-10-20(19)23)15-24-22(25)18-13-11-17(12-14-18)16-7-3-2-4-8-16/h2-14,21H,15H2,1H3,(H,24,25). The third-order valence-corrected chi connectivity index (χ3v) is 4.58. The van der Waals surface area contributed by atoms with Crippen molar-refractivity contribution in [3.8, 4) is 11.1 Å². The summed E-state index contributed by atoms with van der Waals surface area (Å²) < 4.78 is 5.48. The number of nitrogens with one attached hydrogen (secondary N) is 1. The van der Waals surface area contributed by atoms with Crippen molar-refractivity contribution in [2.24, 2.45) is 0 Å². The van der Waals surface area contributed by atoms with Crippen molar-refractivity contribution in [2.75, 3.05) is 13.7 Å². The van der Waals surface area contributed by atoms with Gasteiger partial charge in [-0.3, -0.25) is 4.79 Å². The van der Waals surface area contributed by atoms with Crippen LogP contribution in [0.25, 0.3) is 11.1 Å². The molecule has 0 aliphatic carbocycles. The van der Waals surface area contributed by atoms with Crippen LogP contribution in [0.2, 0.25) is 5.02 Å². The van der Waals surface area contributed by atoms with Gasteiger partial charge in [0.25, 0.3) is 5.91 Å². The third-order valence-electron chi connectivity index (χ3n) is 4.24. The SMILES string of the molecule is COC(CNC(=O)c1ccc(-c2ccccc2)cc1)c1ccccc1Cl. The van der Waals surface area contributed by atoms with E-state index in [0.717, 1.165) is 16.7 Å². The van der Waals surface area contributed by atoms with Crippen molar-refractivity contribution in [2.45, 2.75) is 6.10 Å². The molecule has 0 fully saturated rings. The summed E-state index contributed by atoms with van der Waals surface area (Å²) >= 11 is 6.21. The van der Waals surface area contributed by atoms with E-state index in [9.17, 15) is 4.79 Å². The molecule has 0 aliphatic heterocycles. The monoisotopic (exact) mass is 365 g/mol. The molecule has 3 aromatic rings. The Hall–Kier alpha value is -2.62. The molecular weight excluding hydrogens is 346 g/mol. The fourth-order valence-corrected chi connectivity index (χ4v) is 3.05. The number of rotatable bonds is 6. The van der Waals surface area contributed by atoms with Gasteiger partial charge < -0.3 is 10.1 Å². The Balaban J connectivity index is 1.65. The number of hydrogen-bond acceptors (Lipinski definition) is 2. The summed E-state index contributed by atoms with van der Waals surface area (Å²) in [5, 5.41) is 3.54. The fourth-order valence-electron chi connectivity index (χ4n) is 2.79. The zero-order valence-electron chi connectivity index (χ0n) is 14.5. The van der Waals surface area contributed by atoms with Crippen LogP contribution in [0.5, 0.6) is 0 Å². The first kappa shape index (κ1) is 18.2. The first-order chi connectivity index (χ1) is 12.7. The fraction of sp³-hybridized carbons (Fsp3) is 0.136. The minimum absolute atomic E-state index is 0.140. The van der Waals surface area contributed by atoms with Crippen LogP contribution >= 0.6 is 11.6 Å². The van der Waals surface area contributed by atoms with E-state index in [1.807, 2.05) is 78.9 Å². The van der Waals surface area contributed by atoms with Gasteiger partial charge in [0.15, 0.2) is 0 Å². The second-order valence-electron chi connectivity index (χ2n) is 5.90. The van der Waals surface area contributed by atoms with E-state index >= 15 is 0 Å². The van der Waals surface area contributed by atoms with Gasteiger partial charge in [0.1, 0.15) is 6.10 Å². The molecule has 0 aliphatic rings. The maximum atomic E-state index is 12.4. The van der Waals surface area contributed by atoms with Crippen LogP contribution in [0.1, 0.15) is 22.0 Å². The number of benzene rings is 3. The molecule has 3 rings (SSSR count). The molecule has 0 saturated carbocycles. The van der Waals surface area contributed by atoms with Crippen LogP contribution in [0.3, 0.4) is 0 Å². The number of ether oxygens (including phenoxy) is 1. The van der Waals surface area contributed by atoms with Gasteiger partial charge in [0, 0.05) is 29.8 Å². The lowest BCUT2D eigenvalue weighted by Crippen LogP contribution is -2.29. The van der Waals surface area contributed by atoms with E-state index in [0.29, 0.717) is 17.1 Å². The van der Waals surface area contributed by atoms with Gasteiger partial charge in [0.05, 0.1) is 0 Å². The molecule has 1 amide bonds. The predicted octanol–water partition coefficient (Wildman–Crippen LogP) is 5.12. The molecule has 0 radical (unpaired) electrons. The number of methoxy groups -OCH3 is 1. The Morgan fingerprint density at radius 3 is 2.19 bits per heavy atom. The minimum Gasteiger partial charge on any atom is -0.375 e. The quantitative estimate of drug-likeness (QED) is 0.658. The summed E-state index contributed by atoms with van der Waals surface area (Å²) in [6.45, 7) is 0.347. The van der Waals surface area contributed by atoms with Crippen LogP contribution in [0, 0.1) is 0 Å². The Morgan fingerprint density at radius 2 is 1.54 bits per heavy atom. The molecule has 132 valence electrons. The minimum atomic E-state index is -0.295. The van der Waals surface area contributed by atoms with Gasteiger partial charge >= 0.3 is 0 Å². The molecule has 0 bridgehead atoms. The van der Waals surface area contributed by atoms with Crippen molar-refractivity contribution in [3.63, 3.8) is 0 Å². The highest BCUT2D eigenvalue weighted by atomic mass is 35.5. The summed E-state index contributed by atoms with van der Waals surface area (Å²) in [5.74, 6) is -0.140. The average molecular weight is 366 g/mol. The molecule has 1 N–H and O–H groups in total. The van der Waals surface area contributed by atoms with Crippen LogP contribution in [0.15, 0.2) is 78.9 Å². The van der Waals surface area contributed by atoms with Gasteiger partial charge in [-0.15, -0.1) is 0 Å². The molecule has 0 spiro atoms.